The SMILES string of the molecule is FC(F)n1cc(-n2ccc(CBr)n2)cn1. The first kappa shape index (κ1) is 10.3. The first-order valence-electron chi connectivity index (χ1n) is 4.14. The zero-order valence-corrected chi connectivity index (χ0v) is 9.10. The van der Waals surface area contributed by atoms with E-state index in [2.05, 4.69) is 26.1 Å². The van der Waals surface area contributed by atoms with Crippen molar-refractivity contribution in [3.05, 3.63) is 30.4 Å². The van der Waals surface area contributed by atoms with Crippen LogP contribution in [0.5, 0.6) is 0 Å². The van der Waals surface area contributed by atoms with Crippen molar-refractivity contribution < 1.29 is 8.78 Å². The minimum Gasteiger partial charge on any atom is -0.237 e. The molecule has 0 N–H and O–H groups in total. The van der Waals surface area contributed by atoms with Gasteiger partial charge in [0.2, 0.25) is 0 Å². The molecule has 0 spiro atoms. The Kier molecular flexibility index (Phi) is 2.81. The molecule has 2 heterocycles. The van der Waals surface area contributed by atoms with Gasteiger partial charge in [-0.3, -0.25) is 0 Å². The lowest BCUT2D eigenvalue weighted by Crippen LogP contribution is -1.98. The molecule has 0 fully saturated rings. The van der Waals surface area contributed by atoms with Crippen LogP contribution in [0.4, 0.5) is 8.78 Å². The number of halogens is 3. The van der Waals surface area contributed by atoms with Crippen LogP contribution >= 0.6 is 15.9 Å². The Labute approximate surface area is 92.6 Å². The topological polar surface area (TPSA) is 35.6 Å². The second kappa shape index (κ2) is 4.09. The fraction of sp³-hybridized carbons (Fsp3) is 0.250. The predicted molar refractivity (Wildman–Crippen MR) is 53.2 cm³/mol. The second-order valence-electron chi connectivity index (χ2n) is 2.84. The highest BCUT2D eigenvalue weighted by Crippen LogP contribution is 2.13. The maximum atomic E-state index is 12.2. The highest BCUT2D eigenvalue weighted by molar-refractivity contribution is 9.08. The molecular formula is C8H7BrF2N4. The van der Waals surface area contributed by atoms with Crippen LogP contribution in [-0.4, -0.2) is 19.6 Å². The molecule has 4 nitrogen and oxygen atoms in total. The summed E-state index contributed by atoms with van der Waals surface area (Å²) < 4.78 is 26.6. The molecular weight excluding hydrogens is 270 g/mol. The van der Waals surface area contributed by atoms with Crippen molar-refractivity contribution in [3.63, 3.8) is 0 Å². The predicted octanol–water partition coefficient (Wildman–Crippen LogP) is 2.36. The zero-order valence-electron chi connectivity index (χ0n) is 7.52. The maximum Gasteiger partial charge on any atom is 0.333 e. The summed E-state index contributed by atoms with van der Waals surface area (Å²) in [6, 6.07) is 1.80. The van der Waals surface area contributed by atoms with Crippen LogP contribution in [0.25, 0.3) is 5.69 Å². The van der Waals surface area contributed by atoms with Crippen molar-refractivity contribution in [2.75, 3.05) is 0 Å². The number of alkyl halides is 3. The average molecular weight is 277 g/mol. The van der Waals surface area contributed by atoms with E-state index in [4.69, 9.17) is 0 Å². The fourth-order valence-corrected chi connectivity index (χ4v) is 1.43. The molecule has 0 aromatic carbocycles. The van der Waals surface area contributed by atoms with Crippen molar-refractivity contribution >= 4 is 15.9 Å². The number of hydrogen-bond acceptors (Lipinski definition) is 2. The summed E-state index contributed by atoms with van der Waals surface area (Å²) in [6.07, 6.45) is 4.29. The quantitative estimate of drug-likeness (QED) is 0.807. The van der Waals surface area contributed by atoms with Crippen LogP contribution in [0.2, 0.25) is 0 Å². The van der Waals surface area contributed by atoms with Gasteiger partial charge < -0.3 is 0 Å². The van der Waals surface area contributed by atoms with Crippen molar-refractivity contribution in [1.29, 1.82) is 0 Å². The largest absolute Gasteiger partial charge is 0.333 e. The summed E-state index contributed by atoms with van der Waals surface area (Å²) in [5, 5.41) is 8.29. The van der Waals surface area contributed by atoms with E-state index in [1.807, 2.05) is 0 Å². The van der Waals surface area contributed by atoms with Crippen molar-refractivity contribution in [3.8, 4) is 5.69 Å². The highest BCUT2D eigenvalue weighted by atomic mass is 79.9. The Morgan fingerprint density at radius 1 is 1.47 bits per heavy atom. The minimum atomic E-state index is -2.62. The van der Waals surface area contributed by atoms with Gasteiger partial charge in [0.25, 0.3) is 0 Å². The van der Waals surface area contributed by atoms with Crippen LogP contribution in [0.15, 0.2) is 24.7 Å². The van der Waals surface area contributed by atoms with E-state index in [0.717, 1.165) is 5.69 Å². The standard InChI is InChI=1S/C8H7BrF2N4/c9-3-6-1-2-14(13-6)7-4-12-15(5-7)8(10)11/h1-2,4-5,8H,3H2. The van der Waals surface area contributed by atoms with Gasteiger partial charge in [-0.2, -0.15) is 19.0 Å². The Bertz CT molecular complexity index is 451. The lowest BCUT2D eigenvalue weighted by atomic mass is 10.5. The molecule has 2 aromatic rings. The fourth-order valence-electron chi connectivity index (χ4n) is 1.13. The van der Waals surface area contributed by atoms with Crippen LogP contribution in [0.3, 0.4) is 0 Å². The Hall–Kier alpha value is -1.24. The van der Waals surface area contributed by atoms with Gasteiger partial charge in [0, 0.05) is 11.5 Å². The van der Waals surface area contributed by atoms with Gasteiger partial charge in [0.05, 0.1) is 18.1 Å². The van der Waals surface area contributed by atoms with Crippen LogP contribution in [0.1, 0.15) is 12.2 Å². The lowest BCUT2D eigenvalue weighted by molar-refractivity contribution is 0.0566. The van der Waals surface area contributed by atoms with E-state index in [1.165, 1.54) is 17.1 Å². The molecule has 0 amide bonds. The van der Waals surface area contributed by atoms with Crippen LogP contribution < -0.4 is 0 Å². The molecule has 0 atom stereocenters. The summed E-state index contributed by atoms with van der Waals surface area (Å²) in [4.78, 5) is 0. The molecule has 15 heavy (non-hydrogen) atoms. The minimum absolute atomic E-state index is 0.516. The molecule has 0 aliphatic heterocycles. The Morgan fingerprint density at radius 2 is 2.27 bits per heavy atom. The van der Waals surface area contributed by atoms with Gasteiger partial charge in [0.15, 0.2) is 0 Å². The number of rotatable bonds is 3. The molecule has 0 saturated carbocycles. The van der Waals surface area contributed by atoms with E-state index in [9.17, 15) is 8.78 Å². The van der Waals surface area contributed by atoms with Gasteiger partial charge in [-0.1, -0.05) is 15.9 Å². The van der Waals surface area contributed by atoms with Crippen molar-refractivity contribution in [2.24, 2.45) is 0 Å². The van der Waals surface area contributed by atoms with E-state index in [0.29, 0.717) is 15.7 Å². The monoisotopic (exact) mass is 276 g/mol. The molecule has 0 saturated heterocycles. The molecule has 0 aliphatic rings. The lowest BCUT2D eigenvalue weighted by Gasteiger charge is -1.96. The average Bonchev–Trinajstić information content (AvgIpc) is 2.86. The summed E-state index contributed by atoms with van der Waals surface area (Å²) in [6.45, 7) is -2.62. The van der Waals surface area contributed by atoms with Gasteiger partial charge in [-0.05, 0) is 6.07 Å². The van der Waals surface area contributed by atoms with Crippen LogP contribution in [-0.2, 0) is 5.33 Å². The van der Waals surface area contributed by atoms with Gasteiger partial charge in [-0.25, -0.2) is 9.36 Å². The Balaban J connectivity index is 2.28. The summed E-state index contributed by atoms with van der Waals surface area (Å²) in [5.41, 5.74) is 1.35. The zero-order chi connectivity index (χ0) is 10.8. The molecule has 2 aromatic heterocycles. The molecule has 80 valence electrons. The van der Waals surface area contributed by atoms with Crippen molar-refractivity contribution in [2.45, 2.75) is 11.9 Å². The van der Waals surface area contributed by atoms with E-state index < -0.39 is 6.55 Å². The third-order valence-corrected chi connectivity index (χ3v) is 2.41. The molecule has 7 heteroatoms. The van der Waals surface area contributed by atoms with E-state index in [-0.39, 0.29) is 0 Å². The van der Waals surface area contributed by atoms with Crippen molar-refractivity contribution in [1.82, 2.24) is 19.6 Å². The van der Waals surface area contributed by atoms with Gasteiger partial charge in [-0.15, -0.1) is 0 Å². The molecule has 0 aliphatic carbocycles. The van der Waals surface area contributed by atoms with Gasteiger partial charge >= 0.3 is 6.55 Å². The summed E-state index contributed by atoms with van der Waals surface area (Å²) >= 11 is 3.26. The second-order valence-corrected chi connectivity index (χ2v) is 3.40. The number of nitrogens with zero attached hydrogens (tertiary/aromatic N) is 4. The maximum absolute atomic E-state index is 12.2. The molecule has 0 unspecified atom stereocenters. The van der Waals surface area contributed by atoms with E-state index in [1.54, 1.807) is 12.3 Å². The third-order valence-electron chi connectivity index (χ3n) is 1.83. The van der Waals surface area contributed by atoms with Gasteiger partial charge in [0.1, 0.15) is 5.69 Å². The highest BCUT2D eigenvalue weighted by Gasteiger charge is 2.08. The Morgan fingerprint density at radius 3 is 2.80 bits per heavy atom. The van der Waals surface area contributed by atoms with E-state index >= 15 is 0 Å². The molecule has 0 bridgehead atoms. The summed E-state index contributed by atoms with van der Waals surface area (Å²) in [7, 11) is 0. The smallest absolute Gasteiger partial charge is 0.237 e. The third kappa shape index (κ3) is 2.06. The molecule has 0 radical (unpaired) electrons. The normalized spacial score (nSPS) is 11.2. The molecule has 2 rings (SSSR count). The number of aromatic nitrogens is 4. The van der Waals surface area contributed by atoms with Crippen LogP contribution in [0, 0.1) is 0 Å². The first-order valence-corrected chi connectivity index (χ1v) is 5.26. The first-order chi connectivity index (χ1) is 7.20. The summed E-state index contributed by atoms with van der Waals surface area (Å²) in [5.74, 6) is 0. The number of hydrogen-bond donors (Lipinski definition) is 0.